The van der Waals surface area contributed by atoms with E-state index in [2.05, 4.69) is 5.32 Å². The molecule has 1 atom stereocenters. The normalized spacial score (nSPS) is 11.8. The average molecular weight is 286 g/mol. The first-order valence-corrected chi connectivity index (χ1v) is 6.74. The summed E-state index contributed by atoms with van der Waals surface area (Å²) in [6.07, 6.45) is 1.75. The maximum Gasteiger partial charge on any atom is 0.251 e. The summed E-state index contributed by atoms with van der Waals surface area (Å²) in [5, 5.41) is 2.93. The number of carbonyl (C=O) groups is 1. The van der Waals surface area contributed by atoms with Crippen molar-refractivity contribution >= 4 is 17.5 Å². The lowest BCUT2D eigenvalue weighted by Gasteiger charge is -2.14. The summed E-state index contributed by atoms with van der Waals surface area (Å²) >= 11 is 5.63. The SMILES string of the molecule is COc1ccc(C(=O)NC(C)CCCCl)cc1OC. The van der Waals surface area contributed by atoms with E-state index in [9.17, 15) is 4.79 Å². The predicted molar refractivity (Wildman–Crippen MR) is 76.4 cm³/mol. The number of rotatable bonds is 7. The van der Waals surface area contributed by atoms with Crippen LogP contribution < -0.4 is 14.8 Å². The molecule has 0 saturated carbocycles. The molecule has 1 aromatic carbocycles. The molecule has 0 spiro atoms. The highest BCUT2D eigenvalue weighted by atomic mass is 35.5. The van der Waals surface area contributed by atoms with Crippen LogP contribution in [-0.4, -0.2) is 32.0 Å². The van der Waals surface area contributed by atoms with Gasteiger partial charge < -0.3 is 14.8 Å². The van der Waals surface area contributed by atoms with Gasteiger partial charge in [-0.25, -0.2) is 0 Å². The molecule has 106 valence electrons. The van der Waals surface area contributed by atoms with Crippen molar-refractivity contribution < 1.29 is 14.3 Å². The van der Waals surface area contributed by atoms with Crippen LogP contribution in [-0.2, 0) is 0 Å². The van der Waals surface area contributed by atoms with Gasteiger partial charge in [0.1, 0.15) is 0 Å². The highest BCUT2D eigenvalue weighted by molar-refractivity contribution is 6.17. The highest BCUT2D eigenvalue weighted by Crippen LogP contribution is 2.27. The maximum absolute atomic E-state index is 12.0. The molecule has 0 aromatic heterocycles. The van der Waals surface area contributed by atoms with E-state index in [1.54, 1.807) is 32.4 Å². The van der Waals surface area contributed by atoms with E-state index in [0.29, 0.717) is 22.9 Å². The minimum atomic E-state index is -0.122. The van der Waals surface area contributed by atoms with Gasteiger partial charge in [0.05, 0.1) is 14.2 Å². The van der Waals surface area contributed by atoms with Crippen molar-refractivity contribution in [3.05, 3.63) is 23.8 Å². The fraction of sp³-hybridized carbons (Fsp3) is 0.500. The Morgan fingerprint density at radius 1 is 1.32 bits per heavy atom. The minimum absolute atomic E-state index is 0.0966. The molecule has 0 aliphatic heterocycles. The van der Waals surface area contributed by atoms with Gasteiger partial charge in [-0.1, -0.05) is 0 Å². The molecular weight excluding hydrogens is 266 g/mol. The molecule has 19 heavy (non-hydrogen) atoms. The van der Waals surface area contributed by atoms with E-state index in [1.165, 1.54) is 0 Å². The summed E-state index contributed by atoms with van der Waals surface area (Å²) in [5.74, 6) is 1.64. The second-order valence-electron chi connectivity index (χ2n) is 4.28. The van der Waals surface area contributed by atoms with E-state index < -0.39 is 0 Å². The van der Waals surface area contributed by atoms with E-state index in [1.807, 2.05) is 6.92 Å². The monoisotopic (exact) mass is 285 g/mol. The molecule has 0 fully saturated rings. The zero-order chi connectivity index (χ0) is 14.3. The average Bonchev–Trinajstić information content (AvgIpc) is 2.44. The molecule has 1 N–H and O–H groups in total. The Bertz CT molecular complexity index is 423. The van der Waals surface area contributed by atoms with Crippen LogP contribution in [0.5, 0.6) is 11.5 Å². The fourth-order valence-electron chi connectivity index (χ4n) is 1.74. The first kappa shape index (κ1) is 15.6. The summed E-state index contributed by atoms with van der Waals surface area (Å²) in [6, 6.07) is 5.20. The van der Waals surface area contributed by atoms with E-state index in [0.717, 1.165) is 12.8 Å². The van der Waals surface area contributed by atoms with Crippen molar-refractivity contribution in [2.45, 2.75) is 25.8 Å². The molecule has 0 aliphatic rings. The lowest BCUT2D eigenvalue weighted by atomic mass is 10.1. The summed E-state index contributed by atoms with van der Waals surface area (Å²) in [5.41, 5.74) is 0.551. The van der Waals surface area contributed by atoms with Crippen molar-refractivity contribution in [3.8, 4) is 11.5 Å². The molecule has 5 heteroatoms. The minimum Gasteiger partial charge on any atom is -0.493 e. The van der Waals surface area contributed by atoms with Gasteiger partial charge in [0, 0.05) is 17.5 Å². The van der Waals surface area contributed by atoms with Gasteiger partial charge in [0.2, 0.25) is 0 Å². The lowest BCUT2D eigenvalue weighted by Crippen LogP contribution is -2.32. The lowest BCUT2D eigenvalue weighted by molar-refractivity contribution is 0.0938. The predicted octanol–water partition coefficient (Wildman–Crippen LogP) is 2.84. The molecule has 1 aromatic rings. The van der Waals surface area contributed by atoms with Gasteiger partial charge in [0.25, 0.3) is 5.91 Å². The van der Waals surface area contributed by atoms with Crippen LogP contribution in [0, 0.1) is 0 Å². The number of nitrogens with one attached hydrogen (secondary N) is 1. The Hall–Kier alpha value is -1.42. The van der Waals surface area contributed by atoms with Crippen LogP contribution in [0.4, 0.5) is 0 Å². The van der Waals surface area contributed by atoms with Crippen molar-refractivity contribution in [3.63, 3.8) is 0 Å². The number of ether oxygens (including phenoxy) is 2. The number of carbonyl (C=O) groups excluding carboxylic acids is 1. The van der Waals surface area contributed by atoms with Gasteiger partial charge in [-0.05, 0) is 38.0 Å². The number of halogens is 1. The maximum atomic E-state index is 12.0. The van der Waals surface area contributed by atoms with Crippen molar-refractivity contribution in [2.24, 2.45) is 0 Å². The molecule has 1 unspecified atom stereocenters. The smallest absolute Gasteiger partial charge is 0.251 e. The van der Waals surface area contributed by atoms with Gasteiger partial charge in [-0.2, -0.15) is 0 Å². The van der Waals surface area contributed by atoms with E-state index in [-0.39, 0.29) is 11.9 Å². The largest absolute Gasteiger partial charge is 0.493 e. The molecule has 0 heterocycles. The third kappa shape index (κ3) is 4.63. The summed E-state index contributed by atoms with van der Waals surface area (Å²) in [4.78, 5) is 12.0. The Morgan fingerprint density at radius 2 is 2.00 bits per heavy atom. The number of alkyl halides is 1. The number of hydrogen-bond acceptors (Lipinski definition) is 3. The number of benzene rings is 1. The standard InChI is InChI=1S/C14H20ClNO3/c1-10(5-4-8-15)16-14(17)11-6-7-12(18-2)13(9-11)19-3/h6-7,9-10H,4-5,8H2,1-3H3,(H,16,17). The van der Waals surface area contributed by atoms with Gasteiger partial charge in [-0.15, -0.1) is 11.6 Å². The molecule has 1 amide bonds. The zero-order valence-electron chi connectivity index (χ0n) is 11.5. The third-order valence-corrected chi connectivity index (χ3v) is 3.06. The molecule has 0 saturated heterocycles. The Morgan fingerprint density at radius 3 is 2.58 bits per heavy atom. The molecule has 4 nitrogen and oxygen atoms in total. The van der Waals surface area contributed by atoms with Crippen molar-refractivity contribution in [2.75, 3.05) is 20.1 Å². The Labute approximate surface area is 119 Å². The highest BCUT2D eigenvalue weighted by Gasteiger charge is 2.12. The second kappa shape index (κ2) is 7.89. The van der Waals surface area contributed by atoms with Crippen LogP contribution in [0.25, 0.3) is 0 Å². The van der Waals surface area contributed by atoms with Gasteiger partial charge in [0.15, 0.2) is 11.5 Å². The van der Waals surface area contributed by atoms with Crippen LogP contribution in [0.3, 0.4) is 0 Å². The van der Waals surface area contributed by atoms with Crippen molar-refractivity contribution in [1.82, 2.24) is 5.32 Å². The van der Waals surface area contributed by atoms with Gasteiger partial charge >= 0.3 is 0 Å². The number of amides is 1. The summed E-state index contributed by atoms with van der Waals surface area (Å²) in [6.45, 7) is 1.96. The quantitative estimate of drug-likeness (QED) is 0.784. The first-order chi connectivity index (χ1) is 9.12. The molecule has 0 radical (unpaired) electrons. The summed E-state index contributed by atoms with van der Waals surface area (Å²) in [7, 11) is 3.11. The van der Waals surface area contributed by atoms with Crippen LogP contribution in [0.1, 0.15) is 30.1 Å². The Kier molecular flexibility index (Phi) is 6.50. The number of hydrogen-bond donors (Lipinski definition) is 1. The van der Waals surface area contributed by atoms with E-state index in [4.69, 9.17) is 21.1 Å². The van der Waals surface area contributed by atoms with Crippen LogP contribution in [0.15, 0.2) is 18.2 Å². The third-order valence-electron chi connectivity index (χ3n) is 2.79. The fourth-order valence-corrected chi connectivity index (χ4v) is 1.89. The topological polar surface area (TPSA) is 47.6 Å². The summed E-state index contributed by atoms with van der Waals surface area (Å²) < 4.78 is 10.3. The molecular formula is C14H20ClNO3. The zero-order valence-corrected chi connectivity index (χ0v) is 12.3. The molecule has 1 rings (SSSR count). The van der Waals surface area contributed by atoms with E-state index >= 15 is 0 Å². The first-order valence-electron chi connectivity index (χ1n) is 6.21. The van der Waals surface area contributed by atoms with Crippen molar-refractivity contribution in [1.29, 1.82) is 0 Å². The molecule has 0 bridgehead atoms. The second-order valence-corrected chi connectivity index (χ2v) is 4.65. The van der Waals surface area contributed by atoms with Crippen LogP contribution >= 0.6 is 11.6 Å². The molecule has 0 aliphatic carbocycles. The van der Waals surface area contributed by atoms with Crippen LogP contribution in [0.2, 0.25) is 0 Å². The Balaban J connectivity index is 2.71. The van der Waals surface area contributed by atoms with Gasteiger partial charge in [-0.3, -0.25) is 4.79 Å². The number of methoxy groups -OCH3 is 2.